The van der Waals surface area contributed by atoms with E-state index in [-0.39, 0.29) is 0 Å². The van der Waals surface area contributed by atoms with Gasteiger partial charge in [-0.05, 0) is 31.3 Å². The molecule has 0 aromatic rings. The van der Waals surface area contributed by atoms with Crippen molar-refractivity contribution in [2.45, 2.75) is 25.7 Å². The molecule has 3 rings (SSSR count). The number of rotatable bonds is 0. The zero-order valence-electron chi connectivity index (χ0n) is 8.91. The molecule has 0 aromatic carbocycles. The highest BCUT2D eigenvalue weighted by Gasteiger charge is 2.41. The van der Waals surface area contributed by atoms with Gasteiger partial charge in [-0.2, -0.15) is 0 Å². The molecule has 0 N–H and O–H groups in total. The fourth-order valence-electron chi connectivity index (χ4n) is 3.54. The van der Waals surface area contributed by atoms with Crippen LogP contribution in [0, 0.1) is 5.92 Å². The molecule has 0 amide bonds. The highest BCUT2D eigenvalue weighted by molar-refractivity contribution is 5.23. The van der Waals surface area contributed by atoms with Gasteiger partial charge in [0.2, 0.25) is 0 Å². The smallest absolute Gasteiger partial charge is 0.101 e. The minimum Gasteiger partial charge on any atom is -0.320 e. The van der Waals surface area contributed by atoms with Crippen molar-refractivity contribution in [3.63, 3.8) is 0 Å². The zero-order valence-corrected chi connectivity index (χ0v) is 8.91. The van der Waals surface area contributed by atoms with Crippen molar-refractivity contribution < 1.29 is 4.48 Å². The molecule has 3 aliphatic rings. The van der Waals surface area contributed by atoms with E-state index in [1.54, 1.807) is 5.57 Å². The standard InChI is InChI=1S/C13H20N/c1-4-8-14(9-5-1)10-12-6-2-3-7-13(12)11-14/h2-3,6,13H,1,4-5,7-11H2/q+1/t13-/m1/s1. The number of hydrogen-bond acceptors (Lipinski definition) is 0. The SMILES string of the molecule is C1=CC[C@@H]2C[N+]3(CCCCC3)CC2=C1. The lowest BCUT2D eigenvalue weighted by atomic mass is 9.95. The fourth-order valence-corrected chi connectivity index (χ4v) is 3.54. The maximum atomic E-state index is 2.38. The van der Waals surface area contributed by atoms with Crippen LogP contribution in [-0.2, 0) is 0 Å². The van der Waals surface area contributed by atoms with Gasteiger partial charge >= 0.3 is 0 Å². The molecule has 2 saturated heterocycles. The van der Waals surface area contributed by atoms with E-state index in [4.69, 9.17) is 0 Å². The van der Waals surface area contributed by atoms with Crippen LogP contribution in [0.1, 0.15) is 25.7 Å². The van der Waals surface area contributed by atoms with Gasteiger partial charge in [0.25, 0.3) is 0 Å². The average Bonchev–Trinajstić information content (AvgIpc) is 2.56. The number of hydrogen-bond donors (Lipinski definition) is 0. The van der Waals surface area contributed by atoms with E-state index in [9.17, 15) is 0 Å². The highest BCUT2D eigenvalue weighted by atomic mass is 15.4. The van der Waals surface area contributed by atoms with E-state index >= 15 is 0 Å². The van der Waals surface area contributed by atoms with Crippen LogP contribution in [0.5, 0.6) is 0 Å². The first kappa shape index (κ1) is 8.72. The summed E-state index contributed by atoms with van der Waals surface area (Å²) < 4.78 is 1.43. The molecule has 2 fully saturated rings. The molecule has 0 radical (unpaired) electrons. The van der Waals surface area contributed by atoms with Crippen LogP contribution in [0.25, 0.3) is 0 Å². The number of nitrogens with zero attached hydrogens (tertiary/aromatic N) is 1. The van der Waals surface area contributed by atoms with E-state index in [2.05, 4.69) is 18.2 Å². The highest BCUT2D eigenvalue weighted by Crippen LogP contribution is 2.36. The molecule has 0 unspecified atom stereocenters. The Hall–Kier alpha value is -0.560. The first-order valence-corrected chi connectivity index (χ1v) is 6.09. The van der Waals surface area contributed by atoms with Crippen LogP contribution in [0.15, 0.2) is 23.8 Å². The van der Waals surface area contributed by atoms with E-state index in [0.29, 0.717) is 0 Å². The van der Waals surface area contributed by atoms with Crippen LogP contribution in [0.4, 0.5) is 0 Å². The van der Waals surface area contributed by atoms with Crippen molar-refractivity contribution in [2.75, 3.05) is 26.2 Å². The summed E-state index contributed by atoms with van der Waals surface area (Å²) in [7, 11) is 0. The van der Waals surface area contributed by atoms with Crippen LogP contribution < -0.4 is 0 Å². The Morgan fingerprint density at radius 3 is 2.79 bits per heavy atom. The predicted molar refractivity (Wildman–Crippen MR) is 58.9 cm³/mol. The zero-order chi connectivity index (χ0) is 9.43. The van der Waals surface area contributed by atoms with Gasteiger partial charge in [0.05, 0.1) is 19.6 Å². The molecule has 0 saturated carbocycles. The summed E-state index contributed by atoms with van der Waals surface area (Å²) in [6.07, 6.45) is 12.7. The Morgan fingerprint density at radius 1 is 1.14 bits per heavy atom. The summed E-state index contributed by atoms with van der Waals surface area (Å²) in [5, 5.41) is 0. The number of piperidine rings is 1. The Morgan fingerprint density at radius 2 is 2.00 bits per heavy atom. The summed E-state index contributed by atoms with van der Waals surface area (Å²) in [6.45, 7) is 5.72. The van der Waals surface area contributed by atoms with Crippen molar-refractivity contribution >= 4 is 0 Å². The van der Waals surface area contributed by atoms with Crippen molar-refractivity contribution in [3.8, 4) is 0 Å². The van der Waals surface area contributed by atoms with Gasteiger partial charge < -0.3 is 4.48 Å². The molecule has 1 atom stereocenters. The summed E-state index contributed by atoms with van der Waals surface area (Å²) >= 11 is 0. The first-order chi connectivity index (χ1) is 6.88. The third kappa shape index (κ3) is 1.35. The van der Waals surface area contributed by atoms with Crippen LogP contribution in [0.2, 0.25) is 0 Å². The van der Waals surface area contributed by atoms with E-state index < -0.39 is 0 Å². The molecule has 1 nitrogen and oxygen atoms in total. The third-order valence-corrected chi connectivity index (χ3v) is 4.28. The maximum Gasteiger partial charge on any atom is 0.101 e. The van der Waals surface area contributed by atoms with Gasteiger partial charge in [-0.3, -0.25) is 0 Å². The molecule has 14 heavy (non-hydrogen) atoms. The van der Waals surface area contributed by atoms with E-state index in [1.807, 2.05) is 0 Å². The fraction of sp³-hybridized carbons (Fsp3) is 0.692. The molecule has 2 heterocycles. The van der Waals surface area contributed by atoms with Crippen molar-refractivity contribution in [1.82, 2.24) is 0 Å². The van der Waals surface area contributed by atoms with Gasteiger partial charge in [0.1, 0.15) is 6.54 Å². The van der Waals surface area contributed by atoms with Crippen molar-refractivity contribution in [1.29, 1.82) is 0 Å². The largest absolute Gasteiger partial charge is 0.320 e. The van der Waals surface area contributed by atoms with Crippen LogP contribution >= 0.6 is 0 Å². The lowest BCUT2D eigenvalue weighted by Gasteiger charge is -2.37. The topological polar surface area (TPSA) is 0 Å². The maximum absolute atomic E-state index is 2.38. The molecule has 0 aromatic heterocycles. The second-order valence-corrected chi connectivity index (χ2v) is 5.29. The Balaban J connectivity index is 1.80. The number of allylic oxidation sites excluding steroid dienone is 3. The summed E-state index contributed by atoms with van der Waals surface area (Å²) in [6, 6.07) is 0. The van der Waals surface area contributed by atoms with Crippen molar-refractivity contribution in [2.24, 2.45) is 5.92 Å². The Bertz CT molecular complexity index is 282. The minimum atomic E-state index is 0.901. The molecule has 2 aliphatic heterocycles. The second-order valence-electron chi connectivity index (χ2n) is 5.29. The molecule has 1 spiro atoms. The van der Waals surface area contributed by atoms with Gasteiger partial charge in [-0.1, -0.05) is 18.2 Å². The quantitative estimate of drug-likeness (QED) is 0.515. The molecule has 0 bridgehead atoms. The summed E-state index contributed by atoms with van der Waals surface area (Å²) in [4.78, 5) is 0. The average molecular weight is 190 g/mol. The van der Waals surface area contributed by atoms with Gasteiger partial charge in [0.15, 0.2) is 0 Å². The second kappa shape index (κ2) is 3.23. The van der Waals surface area contributed by atoms with Crippen LogP contribution in [-0.4, -0.2) is 30.7 Å². The van der Waals surface area contributed by atoms with E-state index in [1.165, 1.54) is 56.3 Å². The predicted octanol–water partition coefficient (Wildman–Crippen LogP) is 2.50. The monoisotopic (exact) mass is 190 g/mol. The summed E-state index contributed by atoms with van der Waals surface area (Å²) in [5.74, 6) is 0.901. The van der Waals surface area contributed by atoms with Crippen molar-refractivity contribution in [3.05, 3.63) is 23.8 Å². The Kier molecular flexibility index (Phi) is 2.01. The minimum absolute atomic E-state index is 0.901. The van der Waals surface area contributed by atoms with Crippen LogP contribution in [0.3, 0.4) is 0 Å². The normalized spacial score (nSPS) is 34.3. The van der Waals surface area contributed by atoms with Gasteiger partial charge in [0, 0.05) is 5.92 Å². The lowest BCUT2D eigenvalue weighted by Crippen LogP contribution is -2.49. The molecule has 1 heteroatoms. The Labute approximate surface area is 86.7 Å². The van der Waals surface area contributed by atoms with E-state index in [0.717, 1.165) is 5.92 Å². The molecular weight excluding hydrogens is 170 g/mol. The lowest BCUT2D eigenvalue weighted by molar-refractivity contribution is -0.920. The summed E-state index contributed by atoms with van der Waals surface area (Å²) in [5.41, 5.74) is 1.74. The molecular formula is C13H20N+. The number of quaternary nitrogens is 1. The number of fused-ring (bicyclic) bond motifs is 1. The first-order valence-electron chi connectivity index (χ1n) is 6.09. The van der Waals surface area contributed by atoms with Gasteiger partial charge in [-0.25, -0.2) is 0 Å². The van der Waals surface area contributed by atoms with Gasteiger partial charge in [-0.15, -0.1) is 0 Å². The third-order valence-electron chi connectivity index (χ3n) is 4.28. The molecule has 1 aliphatic carbocycles. The molecule has 76 valence electrons.